The average Bonchev–Trinajstić information content (AvgIpc) is 2.22. The Morgan fingerprint density at radius 2 is 2.12 bits per heavy atom. The molecule has 2 rings (SSSR count). The van der Waals surface area contributed by atoms with E-state index in [4.69, 9.17) is 11.5 Å². The third-order valence-corrected chi connectivity index (χ3v) is 3.20. The second-order valence-electron chi connectivity index (χ2n) is 3.50. The first kappa shape index (κ1) is 10.8. The lowest BCUT2D eigenvalue weighted by Gasteiger charge is -2.18. The summed E-state index contributed by atoms with van der Waals surface area (Å²) in [4.78, 5) is 11.1. The van der Waals surface area contributed by atoms with Crippen LogP contribution in [0, 0.1) is 0 Å². The van der Waals surface area contributed by atoms with Crippen molar-refractivity contribution in [3.05, 3.63) is 23.8 Å². The molecule has 5 nitrogen and oxygen atoms in total. The van der Waals surface area contributed by atoms with E-state index in [1.165, 1.54) is 11.8 Å². The molecule has 0 radical (unpaired) electrons. The lowest BCUT2D eigenvalue weighted by Crippen LogP contribution is -2.29. The van der Waals surface area contributed by atoms with Gasteiger partial charge in [0.2, 0.25) is 0 Å². The topological polar surface area (TPSA) is 93.5 Å². The maximum atomic E-state index is 11.1. The van der Waals surface area contributed by atoms with Crippen molar-refractivity contribution in [1.29, 1.82) is 0 Å². The van der Waals surface area contributed by atoms with E-state index in [9.17, 15) is 4.79 Å². The van der Waals surface area contributed by atoms with Gasteiger partial charge in [0.05, 0.1) is 22.3 Å². The van der Waals surface area contributed by atoms with Gasteiger partial charge in [-0.25, -0.2) is 5.43 Å². The molecule has 1 aromatic carbocycles. The van der Waals surface area contributed by atoms with E-state index in [-0.39, 0.29) is 10.5 Å². The van der Waals surface area contributed by atoms with E-state index in [0.29, 0.717) is 11.4 Å². The van der Waals surface area contributed by atoms with Crippen LogP contribution in [0.15, 0.2) is 23.3 Å². The zero-order valence-electron chi connectivity index (χ0n) is 8.73. The first-order chi connectivity index (χ1) is 7.58. The van der Waals surface area contributed by atoms with Gasteiger partial charge in [0.15, 0.2) is 0 Å². The smallest absolute Gasteiger partial charge is 0.299 e. The minimum atomic E-state index is -0.139. The molecule has 1 amide bonds. The van der Waals surface area contributed by atoms with Crippen molar-refractivity contribution < 1.29 is 4.79 Å². The van der Waals surface area contributed by atoms with E-state index >= 15 is 0 Å². The van der Waals surface area contributed by atoms with Crippen molar-refractivity contribution >= 4 is 34.1 Å². The molecule has 0 bridgehead atoms. The number of nitrogens with zero attached hydrogens (tertiary/aromatic N) is 1. The van der Waals surface area contributed by atoms with Gasteiger partial charge >= 0.3 is 0 Å². The summed E-state index contributed by atoms with van der Waals surface area (Å²) >= 11 is 1.20. The Hall–Kier alpha value is -1.69. The number of nitrogens with one attached hydrogen (secondary N) is 1. The van der Waals surface area contributed by atoms with Gasteiger partial charge in [-0.05, 0) is 19.1 Å². The number of hydrogen-bond acceptors (Lipinski definition) is 5. The van der Waals surface area contributed by atoms with Crippen LogP contribution < -0.4 is 16.9 Å². The predicted molar refractivity (Wildman–Crippen MR) is 67.4 cm³/mol. The maximum Gasteiger partial charge on any atom is 0.299 e. The van der Waals surface area contributed by atoms with Gasteiger partial charge in [-0.15, -0.1) is 0 Å². The number of carbonyl (C=O) groups is 1. The Balaban J connectivity index is 2.37. The number of hydrazone groups is 1. The van der Waals surface area contributed by atoms with Crippen LogP contribution in [0.4, 0.5) is 16.2 Å². The zero-order chi connectivity index (χ0) is 11.7. The average molecular weight is 236 g/mol. The number of benzene rings is 1. The van der Waals surface area contributed by atoms with Crippen LogP contribution in [0.1, 0.15) is 12.5 Å². The number of hydrogen-bond donors (Lipinski definition) is 3. The molecule has 0 saturated carbocycles. The summed E-state index contributed by atoms with van der Waals surface area (Å²) in [6.07, 6.45) is 0. The molecule has 5 N–H and O–H groups in total. The monoisotopic (exact) mass is 236 g/mol. The fourth-order valence-corrected chi connectivity index (χ4v) is 2.19. The molecule has 1 aliphatic heterocycles. The summed E-state index contributed by atoms with van der Waals surface area (Å²) in [7, 11) is 0. The molecule has 0 aliphatic carbocycles. The number of anilines is 2. The van der Waals surface area contributed by atoms with Crippen LogP contribution in [0.2, 0.25) is 0 Å². The third kappa shape index (κ3) is 1.96. The summed E-state index contributed by atoms with van der Waals surface area (Å²) in [5, 5.41) is 3.90. The van der Waals surface area contributed by atoms with E-state index in [0.717, 1.165) is 11.3 Å². The molecule has 0 aromatic heterocycles. The largest absolute Gasteiger partial charge is 0.397 e. The first-order valence-corrected chi connectivity index (χ1v) is 5.65. The fourth-order valence-electron chi connectivity index (χ4n) is 1.47. The van der Waals surface area contributed by atoms with Gasteiger partial charge in [0, 0.05) is 5.56 Å². The van der Waals surface area contributed by atoms with Crippen molar-refractivity contribution in [1.82, 2.24) is 5.43 Å². The summed E-state index contributed by atoms with van der Waals surface area (Å²) in [5.74, 6) is 0. The highest BCUT2D eigenvalue weighted by Crippen LogP contribution is 2.24. The standard InChI is InChI=1S/C10H12N4OS/c1-5-9(13-14-10(15)16-5)6-2-3-7(11)8(12)4-6/h2-5H,11-12H2,1H3,(H,14,15). The zero-order valence-corrected chi connectivity index (χ0v) is 9.54. The number of carbonyl (C=O) groups excluding carboxylic acids is 1. The summed E-state index contributed by atoms with van der Waals surface area (Å²) in [5.41, 5.74) is 16.5. The number of thioether (sulfide) groups is 1. The van der Waals surface area contributed by atoms with Crippen molar-refractivity contribution in [3.8, 4) is 0 Å². The number of amides is 1. The molecule has 16 heavy (non-hydrogen) atoms. The summed E-state index contributed by atoms with van der Waals surface area (Å²) in [6, 6.07) is 5.35. The molecule has 1 aromatic rings. The van der Waals surface area contributed by atoms with Crippen LogP contribution in [0.5, 0.6) is 0 Å². The molecule has 1 heterocycles. The summed E-state index contributed by atoms with van der Waals surface area (Å²) < 4.78 is 0. The van der Waals surface area contributed by atoms with Crippen LogP contribution in [-0.4, -0.2) is 16.2 Å². The molecule has 1 atom stereocenters. The minimum absolute atomic E-state index is 0.0109. The third-order valence-electron chi connectivity index (χ3n) is 2.32. The molecule has 84 valence electrons. The Morgan fingerprint density at radius 3 is 2.75 bits per heavy atom. The molecule has 1 unspecified atom stereocenters. The van der Waals surface area contributed by atoms with Gasteiger partial charge in [-0.1, -0.05) is 17.8 Å². The number of nitrogen functional groups attached to an aromatic ring is 2. The highest BCUT2D eigenvalue weighted by Gasteiger charge is 2.22. The van der Waals surface area contributed by atoms with Gasteiger partial charge in [-0.2, -0.15) is 5.10 Å². The van der Waals surface area contributed by atoms with Gasteiger partial charge < -0.3 is 11.5 Å². The Kier molecular flexibility index (Phi) is 2.74. The fraction of sp³-hybridized carbons (Fsp3) is 0.200. The summed E-state index contributed by atoms with van der Waals surface area (Å²) in [6.45, 7) is 1.93. The molecule has 6 heteroatoms. The van der Waals surface area contributed by atoms with Crippen LogP contribution >= 0.6 is 11.8 Å². The normalized spacial score (nSPS) is 20.2. The molecular formula is C10H12N4OS. The predicted octanol–water partition coefficient (Wildman–Crippen LogP) is 1.40. The molecule has 0 fully saturated rings. The second-order valence-corrected chi connectivity index (χ2v) is 4.81. The van der Waals surface area contributed by atoms with Crippen LogP contribution in [-0.2, 0) is 0 Å². The van der Waals surface area contributed by atoms with E-state index in [1.54, 1.807) is 12.1 Å². The lowest BCUT2D eigenvalue weighted by molar-refractivity contribution is 0.261. The highest BCUT2D eigenvalue weighted by molar-refractivity contribution is 8.14. The van der Waals surface area contributed by atoms with Crippen molar-refractivity contribution in [3.63, 3.8) is 0 Å². The van der Waals surface area contributed by atoms with Gasteiger partial charge in [0.1, 0.15) is 0 Å². The Labute approximate surface area is 97.3 Å². The SMILES string of the molecule is CC1SC(=O)NN=C1c1ccc(N)c(N)c1. The Morgan fingerprint density at radius 1 is 1.38 bits per heavy atom. The van der Waals surface area contributed by atoms with Crippen molar-refractivity contribution in [2.75, 3.05) is 11.5 Å². The van der Waals surface area contributed by atoms with Crippen LogP contribution in [0.3, 0.4) is 0 Å². The number of nitrogens with two attached hydrogens (primary N) is 2. The molecule has 1 aliphatic rings. The van der Waals surface area contributed by atoms with Crippen LogP contribution in [0.25, 0.3) is 0 Å². The number of rotatable bonds is 1. The maximum absolute atomic E-state index is 11.1. The van der Waals surface area contributed by atoms with E-state index in [2.05, 4.69) is 10.5 Å². The highest BCUT2D eigenvalue weighted by atomic mass is 32.2. The first-order valence-electron chi connectivity index (χ1n) is 4.77. The van der Waals surface area contributed by atoms with E-state index < -0.39 is 0 Å². The Bertz CT molecular complexity index is 472. The molecule has 0 saturated heterocycles. The minimum Gasteiger partial charge on any atom is -0.397 e. The van der Waals surface area contributed by atoms with Crippen molar-refractivity contribution in [2.45, 2.75) is 12.2 Å². The van der Waals surface area contributed by atoms with Crippen molar-refractivity contribution in [2.24, 2.45) is 5.10 Å². The molecule has 0 spiro atoms. The quantitative estimate of drug-likeness (QED) is 0.642. The lowest BCUT2D eigenvalue weighted by atomic mass is 10.1. The van der Waals surface area contributed by atoms with Gasteiger partial charge in [-0.3, -0.25) is 4.79 Å². The van der Waals surface area contributed by atoms with Gasteiger partial charge in [0.25, 0.3) is 5.24 Å². The second kappa shape index (κ2) is 4.05. The molecular weight excluding hydrogens is 224 g/mol. The van der Waals surface area contributed by atoms with E-state index in [1.807, 2.05) is 13.0 Å².